The van der Waals surface area contributed by atoms with E-state index in [4.69, 9.17) is 4.74 Å². The Morgan fingerprint density at radius 3 is 2.58 bits per heavy atom. The van der Waals surface area contributed by atoms with Gasteiger partial charge in [0.05, 0.1) is 11.8 Å². The highest BCUT2D eigenvalue weighted by Gasteiger charge is 2.33. The molecule has 4 aromatic rings. The van der Waals surface area contributed by atoms with Crippen molar-refractivity contribution in [3.8, 4) is 16.9 Å². The Labute approximate surface area is 149 Å². The third-order valence-corrected chi connectivity index (χ3v) is 5.38. The molecule has 0 radical (unpaired) electrons. The van der Waals surface area contributed by atoms with Gasteiger partial charge in [-0.25, -0.2) is 0 Å². The number of hydrogen-bond donors (Lipinski definition) is 1. The van der Waals surface area contributed by atoms with Crippen molar-refractivity contribution >= 4 is 32.3 Å². The zero-order chi connectivity index (χ0) is 18.5. The molecule has 0 aliphatic heterocycles. The summed E-state index contributed by atoms with van der Waals surface area (Å²) in [7, 11) is 1.44. The largest absolute Gasteiger partial charge is 0.495 e. The molecule has 0 unspecified atom stereocenters. The van der Waals surface area contributed by atoms with E-state index in [-0.39, 0.29) is 5.56 Å². The lowest BCUT2D eigenvalue weighted by atomic mass is 9.99. The van der Waals surface area contributed by atoms with E-state index in [0.717, 1.165) is 17.0 Å². The number of fused-ring (bicyclic) bond motifs is 2. The molecule has 2 aromatic carbocycles. The first-order valence-electron chi connectivity index (χ1n) is 7.68. The molecule has 0 spiro atoms. The van der Waals surface area contributed by atoms with E-state index >= 15 is 0 Å². The number of H-pyrrole nitrogens is 1. The Morgan fingerprint density at radius 1 is 1.04 bits per heavy atom. The van der Waals surface area contributed by atoms with Gasteiger partial charge in [0.1, 0.15) is 10.6 Å². The van der Waals surface area contributed by atoms with Crippen LogP contribution in [0.4, 0.5) is 13.2 Å². The number of halogens is 3. The summed E-state index contributed by atoms with van der Waals surface area (Å²) < 4.78 is 45.2. The van der Waals surface area contributed by atoms with Gasteiger partial charge in [-0.15, -0.1) is 11.3 Å². The maximum atomic E-state index is 13.2. The van der Waals surface area contributed by atoms with E-state index in [2.05, 4.69) is 4.98 Å². The lowest BCUT2D eigenvalue weighted by Gasteiger charge is -2.08. The van der Waals surface area contributed by atoms with E-state index in [1.54, 1.807) is 30.3 Å². The fourth-order valence-corrected chi connectivity index (χ4v) is 4.02. The normalized spacial score (nSPS) is 12.0. The van der Waals surface area contributed by atoms with Crippen LogP contribution in [0.25, 0.3) is 32.1 Å². The van der Waals surface area contributed by atoms with E-state index in [0.29, 0.717) is 38.3 Å². The van der Waals surface area contributed by atoms with Gasteiger partial charge in [0, 0.05) is 17.0 Å². The molecule has 2 aromatic heterocycles. The molecule has 26 heavy (non-hydrogen) atoms. The first-order valence-corrected chi connectivity index (χ1v) is 8.49. The van der Waals surface area contributed by atoms with Crippen molar-refractivity contribution in [3.05, 3.63) is 63.8 Å². The fourth-order valence-electron chi connectivity index (χ4n) is 2.97. The summed E-state index contributed by atoms with van der Waals surface area (Å²) in [5.74, 6) is 0.411. The monoisotopic (exact) mass is 375 g/mol. The van der Waals surface area contributed by atoms with Gasteiger partial charge < -0.3 is 9.72 Å². The molecule has 2 heterocycles. The van der Waals surface area contributed by atoms with E-state index in [1.807, 2.05) is 6.07 Å². The number of methoxy groups -OCH3 is 1. The zero-order valence-electron chi connectivity index (χ0n) is 13.5. The molecule has 1 N–H and O–H groups in total. The molecule has 0 fully saturated rings. The average molecular weight is 375 g/mol. The Hall–Kier alpha value is -2.80. The fraction of sp³-hybridized carbons (Fsp3) is 0.105. The number of ether oxygens (including phenoxy) is 1. The zero-order valence-corrected chi connectivity index (χ0v) is 14.3. The van der Waals surface area contributed by atoms with E-state index < -0.39 is 11.1 Å². The quantitative estimate of drug-likeness (QED) is 0.507. The number of nitrogens with one attached hydrogen (secondary N) is 1. The maximum Gasteiger partial charge on any atom is 0.425 e. The van der Waals surface area contributed by atoms with Gasteiger partial charge in [0.25, 0.3) is 0 Å². The van der Waals surface area contributed by atoms with Crippen molar-refractivity contribution in [2.45, 2.75) is 6.18 Å². The van der Waals surface area contributed by atoms with Gasteiger partial charge >= 0.3 is 6.18 Å². The summed E-state index contributed by atoms with van der Waals surface area (Å²) >= 11 is 0.672. The summed E-state index contributed by atoms with van der Waals surface area (Å²) in [6.07, 6.45) is -4.41. The minimum Gasteiger partial charge on any atom is -0.495 e. The van der Waals surface area contributed by atoms with Crippen molar-refractivity contribution in [1.29, 1.82) is 0 Å². The summed E-state index contributed by atoms with van der Waals surface area (Å²) in [4.78, 5) is 13.5. The van der Waals surface area contributed by atoms with Gasteiger partial charge in [0.2, 0.25) is 5.56 Å². The Balaban J connectivity index is 1.98. The Bertz CT molecular complexity index is 1190. The maximum absolute atomic E-state index is 13.2. The third kappa shape index (κ3) is 2.74. The lowest BCUT2D eigenvalue weighted by Crippen LogP contribution is -2.02. The van der Waals surface area contributed by atoms with Crippen molar-refractivity contribution in [2.75, 3.05) is 7.11 Å². The molecule has 0 bridgehead atoms. The molecule has 0 aliphatic carbocycles. The van der Waals surface area contributed by atoms with Crippen LogP contribution in [0.1, 0.15) is 4.88 Å². The second kappa shape index (κ2) is 5.88. The highest BCUT2D eigenvalue weighted by molar-refractivity contribution is 7.19. The first kappa shape index (κ1) is 16.7. The molecule has 0 saturated carbocycles. The highest BCUT2D eigenvalue weighted by atomic mass is 32.1. The predicted molar refractivity (Wildman–Crippen MR) is 96.9 cm³/mol. The molecule has 3 nitrogen and oxygen atoms in total. The van der Waals surface area contributed by atoms with E-state index in [1.165, 1.54) is 13.2 Å². The van der Waals surface area contributed by atoms with Crippen LogP contribution < -0.4 is 10.3 Å². The van der Waals surface area contributed by atoms with Crippen LogP contribution >= 0.6 is 11.3 Å². The molecule has 0 aliphatic rings. The molecular formula is C19H12F3NO2S. The predicted octanol–water partition coefficient (Wildman–Crippen LogP) is 5.44. The smallest absolute Gasteiger partial charge is 0.425 e. The molecule has 0 amide bonds. The third-order valence-electron chi connectivity index (χ3n) is 4.18. The number of pyridine rings is 1. The summed E-state index contributed by atoms with van der Waals surface area (Å²) in [6.45, 7) is 0. The first-order chi connectivity index (χ1) is 12.4. The summed E-state index contributed by atoms with van der Waals surface area (Å²) in [5.41, 5.74) is 1.92. The van der Waals surface area contributed by atoms with Crippen LogP contribution in [0.5, 0.6) is 5.75 Å². The number of hydrogen-bond acceptors (Lipinski definition) is 3. The van der Waals surface area contributed by atoms with Gasteiger partial charge in [-0.05, 0) is 52.9 Å². The number of thiophene rings is 1. The molecule has 4 rings (SSSR count). The Kier molecular flexibility index (Phi) is 3.77. The van der Waals surface area contributed by atoms with Crippen LogP contribution in [0.15, 0.2) is 53.3 Å². The number of rotatable bonds is 2. The van der Waals surface area contributed by atoms with Gasteiger partial charge in [-0.3, -0.25) is 4.79 Å². The van der Waals surface area contributed by atoms with Crippen molar-refractivity contribution in [3.63, 3.8) is 0 Å². The van der Waals surface area contributed by atoms with Crippen LogP contribution in [0.3, 0.4) is 0 Å². The average Bonchev–Trinajstić information content (AvgIpc) is 3.06. The van der Waals surface area contributed by atoms with Crippen LogP contribution in [-0.4, -0.2) is 12.1 Å². The molecule has 0 saturated heterocycles. The number of aromatic nitrogens is 1. The van der Waals surface area contributed by atoms with Crippen molar-refractivity contribution in [2.24, 2.45) is 0 Å². The molecule has 132 valence electrons. The Morgan fingerprint density at radius 2 is 1.85 bits per heavy atom. The van der Waals surface area contributed by atoms with Crippen LogP contribution in [-0.2, 0) is 6.18 Å². The molecule has 7 heteroatoms. The minimum atomic E-state index is -4.41. The molecule has 0 atom stereocenters. The van der Waals surface area contributed by atoms with Crippen LogP contribution in [0, 0.1) is 0 Å². The lowest BCUT2D eigenvalue weighted by molar-refractivity contribution is -0.134. The second-order valence-electron chi connectivity index (χ2n) is 5.79. The van der Waals surface area contributed by atoms with E-state index in [9.17, 15) is 18.0 Å². The number of alkyl halides is 3. The van der Waals surface area contributed by atoms with Gasteiger partial charge in [-0.2, -0.15) is 13.2 Å². The minimum absolute atomic E-state index is 0.204. The molecular weight excluding hydrogens is 363 g/mol. The van der Waals surface area contributed by atoms with Crippen molar-refractivity contribution in [1.82, 2.24) is 4.98 Å². The standard InChI is InChI=1S/C19H12F3NO2S/c1-25-15-6-4-12(13-9-16(19(20,21)22)26-18(13)15)10-2-5-14-11(8-10)3-7-17(24)23-14/h2-9H,1H3,(H,23,24). The summed E-state index contributed by atoms with van der Waals surface area (Å²) in [6, 6.07) is 13.1. The number of aromatic amines is 1. The highest BCUT2D eigenvalue weighted by Crippen LogP contribution is 2.45. The SMILES string of the molecule is COc1ccc(-c2ccc3[nH]c(=O)ccc3c2)c2cc(C(F)(F)F)sc12. The van der Waals surface area contributed by atoms with Crippen molar-refractivity contribution < 1.29 is 17.9 Å². The topological polar surface area (TPSA) is 42.1 Å². The van der Waals surface area contributed by atoms with Crippen LogP contribution in [0.2, 0.25) is 0 Å². The summed E-state index contributed by atoms with van der Waals surface area (Å²) in [5, 5.41) is 1.29. The van der Waals surface area contributed by atoms with Gasteiger partial charge in [-0.1, -0.05) is 6.07 Å². The number of benzene rings is 2. The van der Waals surface area contributed by atoms with Gasteiger partial charge in [0.15, 0.2) is 0 Å². The second-order valence-corrected chi connectivity index (χ2v) is 6.84.